The predicted molar refractivity (Wildman–Crippen MR) is 51.0 cm³/mol. The van der Waals surface area contributed by atoms with Crippen LogP contribution in [0.3, 0.4) is 0 Å². The SMILES string of the molecule is CC[C@@H](C)OCc1ccccc1. The summed E-state index contributed by atoms with van der Waals surface area (Å²) in [6, 6.07) is 10.3. The van der Waals surface area contributed by atoms with Crippen LogP contribution in [0.2, 0.25) is 0 Å². The summed E-state index contributed by atoms with van der Waals surface area (Å²) in [7, 11) is 0. The number of hydrogen-bond donors (Lipinski definition) is 0. The van der Waals surface area contributed by atoms with E-state index in [9.17, 15) is 0 Å². The van der Waals surface area contributed by atoms with E-state index in [-0.39, 0.29) is 0 Å². The van der Waals surface area contributed by atoms with Gasteiger partial charge in [0.05, 0.1) is 12.7 Å². The first-order valence-corrected chi connectivity index (χ1v) is 4.48. The van der Waals surface area contributed by atoms with E-state index in [1.54, 1.807) is 0 Å². The average Bonchev–Trinajstić information content (AvgIpc) is 2.16. The Labute approximate surface area is 74.4 Å². The maximum Gasteiger partial charge on any atom is 0.0720 e. The molecule has 0 bridgehead atoms. The second kappa shape index (κ2) is 4.94. The third kappa shape index (κ3) is 3.05. The van der Waals surface area contributed by atoms with Crippen LogP contribution in [0.15, 0.2) is 30.3 Å². The molecule has 0 N–H and O–H groups in total. The van der Waals surface area contributed by atoms with Gasteiger partial charge < -0.3 is 4.74 Å². The lowest BCUT2D eigenvalue weighted by Gasteiger charge is -2.09. The van der Waals surface area contributed by atoms with Gasteiger partial charge in [-0.3, -0.25) is 0 Å². The zero-order chi connectivity index (χ0) is 8.81. The largest absolute Gasteiger partial charge is 0.374 e. The molecular formula is C11H16O. The van der Waals surface area contributed by atoms with Crippen LogP contribution in [0.1, 0.15) is 25.8 Å². The monoisotopic (exact) mass is 164 g/mol. The lowest BCUT2D eigenvalue weighted by Crippen LogP contribution is -2.05. The zero-order valence-corrected chi connectivity index (χ0v) is 7.79. The van der Waals surface area contributed by atoms with Gasteiger partial charge in [0.2, 0.25) is 0 Å². The molecule has 12 heavy (non-hydrogen) atoms. The van der Waals surface area contributed by atoms with Crippen molar-refractivity contribution in [3.05, 3.63) is 35.9 Å². The lowest BCUT2D eigenvalue weighted by atomic mass is 10.2. The van der Waals surface area contributed by atoms with Crippen LogP contribution in [-0.4, -0.2) is 6.10 Å². The summed E-state index contributed by atoms with van der Waals surface area (Å²) >= 11 is 0. The standard InChI is InChI=1S/C11H16O/c1-3-10(2)12-9-11-7-5-4-6-8-11/h4-8,10H,3,9H2,1-2H3/t10-/m1/s1. The molecule has 0 saturated carbocycles. The van der Waals surface area contributed by atoms with Crippen molar-refractivity contribution in [2.24, 2.45) is 0 Å². The third-order valence-electron chi connectivity index (χ3n) is 1.95. The lowest BCUT2D eigenvalue weighted by molar-refractivity contribution is 0.0508. The summed E-state index contributed by atoms with van der Waals surface area (Å²) in [5.74, 6) is 0. The molecule has 0 amide bonds. The number of hydrogen-bond acceptors (Lipinski definition) is 1. The van der Waals surface area contributed by atoms with Crippen molar-refractivity contribution in [3.8, 4) is 0 Å². The van der Waals surface area contributed by atoms with E-state index >= 15 is 0 Å². The summed E-state index contributed by atoms with van der Waals surface area (Å²) in [6.45, 7) is 4.97. The highest BCUT2D eigenvalue weighted by Gasteiger charge is 1.97. The zero-order valence-electron chi connectivity index (χ0n) is 7.79. The van der Waals surface area contributed by atoms with Gasteiger partial charge in [-0.25, -0.2) is 0 Å². The molecule has 66 valence electrons. The molecule has 1 nitrogen and oxygen atoms in total. The minimum atomic E-state index is 0.366. The Morgan fingerprint density at radius 2 is 1.92 bits per heavy atom. The molecular weight excluding hydrogens is 148 g/mol. The smallest absolute Gasteiger partial charge is 0.0720 e. The highest BCUT2D eigenvalue weighted by Crippen LogP contribution is 2.04. The molecule has 0 radical (unpaired) electrons. The Hall–Kier alpha value is -0.820. The molecule has 0 spiro atoms. The van der Waals surface area contributed by atoms with Crippen molar-refractivity contribution in [1.29, 1.82) is 0 Å². The van der Waals surface area contributed by atoms with Gasteiger partial charge in [-0.2, -0.15) is 0 Å². The van der Waals surface area contributed by atoms with Crippen LogP contribution in [0.5, 0.6) is 0 Å². The molecule has 1 atom stereocenters. The Kier molecular flexibility index (Phi) is 3.81. The minimum absolute atomic E-state index is 0.366. The molecule has 0 saturated heterocycles. The van der Waals surface area contributed by atoms with Crippen molar-refractivity contribution in [3.63, 3.8) is 0 Å². The van der Waals surface area contributed by atoms with Crippen LogP contribution < -0.4 is 0 Å². The first-order chi connectivity index (χ1) is 5.83. The van der Waals surface area contributed by atoms with E-state index in [0.717, 1.165) is 13.0 Å². The van der Waals surface area contributed by atoms with E-state index < -0.39 is 0 Å². The van der Waals surface area contributed by atoms with Gasteiger partial charge in [0.15, 0.2) is 0 Å². The minimum Gasteiger partial charge on any atom is -0.374 e. The molecule has 1 heteroatoms. The average molecular weight is 164 g/mol. The Morgan fingerprint density at radius 1 is 1.25 bits per heavy atom. The molecule has 0 aromatic heterocycles. The number of benzene rings is 1. The highest BCUT2D eigenvalue weighted by molar-refractivity contribution is 5.13. The fourth-order valence-electron chi connectivity index (χ4n) is 0.931. The Bertz CT molecular complexity index is 206. The maximum atomic E-state index is 5.58. The summed E-state index contributed by atoms with van der Waals surface area (Å²) < 4.78 is 5.58. The van der Waals surface area contributed by atoms with Gasteiger partial charge >= 0.3 is 0 Å². The quantitative estimate of drug-likeness (QED) is 0.664. The second-order valence-electron chi connectivity index (χ2n) is 3.02. The molecule has 1 aromatic carbocycles. The van der Waals surface area contributed by atoms with Gasteiger partial charge in [0.1, 0.15) is 0 Å². The van der Waals surface area contributed by atoms with Gasteiger partial charge in [-0.1, -0.05) is 37.3 Å². The molecule has 0 unspecified atom stereocenters. The third-order valence-corrected chi connectivity index (χ3v) is 1.95. The predicted octanol–water partition coefficient (Wildman–Crippen LogP) is 3.00. The highest BCUT2D eigenvalue weighted by atomic mass is 16.5. The molecule has 0 aliphatic rings. The molecule has 0 aliphatic carbocycles. The molecule has 1 rings (SSSR count). The van der Waals surface area contributed by atoms with Gasteiger partial charge in [-0.15, -0.1) is 0 Å². The fourth-order valence-corrected chi connectivity index (χ4v) is 0.931. The van der Waals surface area contributed by atoms with Crippen LogP contribution in [0, 0.1) is 0 Å². The molecule has 0 fully saturated rings. The van der Waals surface area contributed by atoms with E-state index in [4.69, 9.17) is 4.74 Å². The van der Waals surface area contributed by atoms with Gasteiger partial charge in [0, 0.05) is 0 Å². The van der Waals surface area contributed by atoms with Gasteiger partial charge in [0.25, 0.3) is 0 Å². The van der Waals surface area contributed by atoms with E-state index in [2.05, 4.69) is 26.0 Å². The molecule has 1 aromatic rings. The first kappa shape index (κ1) is 9.27. The number of ether oxygens (including phenoxy) is 1. The normalized spacial score (nSPS) is 12.8. The molecule has 0 heterocycles. The summed E-state index contributed by atoms with van der Waals surface area (Å²) in [5, 5.41) is 0. The van der Waals surface area contributed by atoms with Crippen molar-refractivity contribution >= 4 is 0 Å². The molecule has 0 aliphatic heterocycles. The van der Waals surface area contributed by atoms with Crippen molar-refractivity contribution in [2.75, 3.05) is 0 Å². The van der Waals surface area contributed by atoms with Gasteiger partial charge in [-0.05, 0) is 18.9 Å². The Balaban J connectivity index is 2.33. The fraction of sp³-hybridized carbons (Fsp3) is 0.455. The Morgan fingerprint density at radius 3 is 2.50 bits per heavy atom. The van der Waals surface area contributed by atoms with E-state index in [0.29, 0.717) is 6.10 Å². The van der Waals surface area contributed by atoms with E-state index in [1.807, 2.05) is 18.2 Å². The van der Waals surface area contributed by atoms with Crippen LogP contribution in [0.25, 0.3) is 0 Å². The number of rotatable bonds is 4. The maximum absolute atomic E-state index is 5.58. The summed E-state index contributed by atoms with van der Waals surface area (Å²) in [6.07, 6.45) is 1.44. The topological polar surface area (TPSA) is 9.23 Å². The van der Waals surface area contributed by atoms with E-state index in [1.165, 1.54) is 5.56 Å². The summed E-state index contributed by atoms with van der Waals surface area (Å²) in [5.41, 5.74) is 1.25. The van der Waals surface area contributed by atoms with Crippen LogP contribution in [-0.2, 0) is 11.3 Å². The second-order valence-corrected chi connectivity index (χ2v) is 3.02. The van der Waals surface area contributed by atoms with Crippen LogP contribution in [0.4, 0.5) is 0 Å². The van der Waals surface area contributed by atoms with Crippen molar-refractivity contribution in [2.45, 2.75) is 33.0 Å². The first-order valence-electron chi connectivity index (χ1n) is 4.48. The van der Waals surface area contributed by atoms with Crippen LogP contribution >= 0.6 is 0 Å². The summed E-state index contributed by atoms with van der Waals surface area (Å²) in [4.78, 5) is 0. The van der Waals surface area contributed by atoms with Crippen molar-refractivity contribution < 1.29 is 4.74 Å². The van der Waals surface area contributed by atoms with Crippen molar-refractivity contribution in [1.82, 2.24) is 0 Å².